The number of hydrogen-bond acceptors (Lipinski definition) is 6. The topological polar surface area (TPSA) is 98.5 Å². The molecule has 0 aromatic heterocycles. The molecule has 4 aliphatic rings. The maximum Gasteiger partial charge on any atom is 0.114 e. The highest BCUT2D eigenvalue weighted by Crippen LogP contribution is 2.59. The molecule has 2 aliphatic heterocycles. The summed E-state index contributed by atoms with van der Waals surface area (Å²) in [5, 5.41) is 0. The molecule has 0 saturated heterocycles. The molecule has 2 heterocycles. The monoisotopic (exact) mass is 499 g/mol. The maximum atomic E-state index is 6.92. The number of nitrogens with two attached hydrogens (primary N) is 1. The molecule has 0 radical (unpaired) electrons. The minimum atomic E-state index is -0.365. The lowest BCUT2D eigenvalue weighted by molar-refractivity contribution is 0.0671. The van der Waals surface area contributed by atoms with Gasteiger partial charge in [-0.05, 0) is 73.8 Å². The van der Waals surface area contributed by atoms with Gasteiger partial charge in [0.05, 0.1) is 17.0 Å². The highest BCUT2D eigenvalue weighted by Gasteiger charge is 2.59. The Kier molecular flexibility index (Phi) is 7.69. The van der Waals surface area contributed by atoms with Crippen LogP contribution < -0.4 is 5.73 Å². The second-order valence-corrected chi connectivity index (χ2v) is 10.9. The van der Waals surface area contributed by atoms with E-state index in [1.54, 1.807) is 0 Å². The third-order valence-electron chi connectivity index (χ3n) is 8.70. The van der Waals surface area contributed by atoms with Gasteiger partial charge in [0, 0.05) is 13.1 Å². The van der Waals surface area contributed by atoms with E-state index in [2.05, 4.69) is 69.2 Å². The third kappa shape index (κ3) is 4.52. The van der Waals surface area contributed by atoms with Crippen LogP contribution in [-0.4, -0.2) is 35.4 Å². The zero-order valence-corrected chi connectivity index (χ0v) is 22.5. The lowest BCUT2D eigenvalue weighted by Crippen LogP contribution is -2.64. The van der Waals surface area contributed by atoms with Gasteiger partial charge in [-0.1, -0.05) is 68.1 Å². The maximum absolute atomic E-state index is 6.92. The van der Waals surface area contributed by atoms with Crippen molar-refractivity contribution in [2.24, 2.45) is 22.1 Å². The summed E-state index contributed by atoms with van der Waals surface area (Å²) in [6, 6.07) is 10.4. The molecule has 6 heteroatoms. The summed E-state index contributed by atoms with van der Waals surface area (Å²) in [7, 11) is 0. The molecule has 0 bridgehead atoms. The van der Waals surface area contributed by atoms with Gasteiger partial charge in [-0.25, -0.2) is 11.1 Å². The predicted molar refractivity (Wildman–Crippen MR) is 150 cm³/mol. The highest BCUT2D eigenvalue weighted by molar-refractivity contribution is 5.90. The van der Waals surface area contributed by atoms with E-state index in [0.29, 0.717) is 12.5 Å². The quantitative estimate of drug-likeness (QED) is 0.300. The molecule has 4 atom stereocenters. The zero-order valence-electron chi connectivity index (χ0n) is 22.5. The van der Waals surface area contributed by atoms with Crippen LogP contribution in [0.25, 0.3) is 0 Å². The van der Waals surface area contributed by atoms with E-state index in [-0.39, 0.29) is 17.0 Å². The van der Waals surface area contributed by atoms with Gasteiger partial charge in [0.25, 0.3) is 0 Å². The summed E-state index contributed by atoms with van der Waals surface area (Å²) in [5.41, 5.74) is 23.0. The van der Waals surface area contributed by atoms with Gasteiger partial charge in [-0.3, -0.25) is 9.89 Å². The van der Waals surface area contributed by atoms with Crippen molar-refractivity contribution in [2.75, 3.05) is 13.1 Å². The van der Waals surface area contributed by atoms with E-state index >= 15 is 0 Å². The van der Waals surface area contributed by atoms with Crippen LogP contribution in [-0.2, 0) is 11.3 Å². The number of ether oxygens (including phenoxy) is 1. The van der Waals surface area contributed by atoms with Crippen LogP contribution in [0.5, 0.6) is 0 Å². The van der Waals surface area contributed by atoms with Crippen molar-refractivity contribution >= 4 is 5.84 Å². The number of nitrogens with zero attached hydrogens (tertiary/aromatic N) is 2. The van der Waals surface area contributed by atoms with Crippen LogP contribution in [0, 0.1) is 22.4 Å². The van der Waals surface area contributed by atoms with Crippen LogP contribution in [0.1, 0.15) is 52.0 Å². The fourth-order valence-corrected chi connectivity index (χ4v) is 7.18. The van der Waals surface area contributed by atoms with Crippen molar-refractivity contribution in [2.45, 2.75) is 64.6 Å². The van der Waals surface area contributed by atoms with Crippen molar-refractivity contribution < 1.29 is 4.74 Å². The number of nitrogens with one attached hydrogen (secondary N) is 2. The second-order valence-electron chi connectivity index (χ2n) is 10.9. The molecule has 37 heavy (non-hydrogen) atoms. The average molecular weight is 500 g/mol. The van der Waals surface area contributed by atoms with Crippen LogP contribution >= 0.6 is 0 Å². The Bertz CT molecular complexity index is 1180. The molecule has 0 amide bonds. The Balaban J connectivity index is 0.00000156. The van der Waals surface area contributed by atoms with Gasteiger partial charge >= 0.3 is 0 Å². The first-order valence-electron chi connectivity index (χ1n) is 13.3. The minimum Gasteiger partial charge on any atom is -0.493 e. The van der Waals surface area contributed by atoms with Crippen molar-refractivity contribution in [3.05, 3.63) is 95.3 Å². The third-order valence-corrected chi connectivity index (χ3v) is 8.70. The number of rotatable bonds is 6. The molecular formula is C31H41N5O. The van der Waals surface area contributed by atoms with E-state index in [9.17, 15) is 0 Å². The Labute approximate surface area is 221 Å². The van der Waals surface area contributed by atoms with Crippen LogP contribution in [0.3, 0.4) is 0 Å². The molecule has 0 spiro atoms. The van der Waals surface area contributed by atoms with E-state index in [4.69, 9.17) is 26.5 Å². The number of benzene rings is 1. The van der Waals surface area contributed by atoms with Gasteiger partial charge < -0.3 is 10.5 Å². The summed E-state index contributed by atoms with van der Waals surface area (Å²) in [4.78, 5) is 7.75. The van der Waals surface area contributed by atoms with E-state index in [1.807, 2.05) is 18.2 Å². The molecular weight excluding hydrogens is 458 g/mol. The van der Waals surface area contributed by atoms with Crippen molar-refractivity contribution in [1.29, 1.82) is 11.1 Å². The van der Waals surface area contributed by atoms with Crippen molar-refractivity contribution in [3.8, 4) is 0 Å². The summed E-state index contributed by atoms with van der Waals surface area (Å²) in [6.07, 6.45) is 10.6. The Morgan fingerprint density at radius 1 is 1.14 bits per heavy atom. The van der Waals surface area contributed by atoms with E-state index in [0.717, 1.165) is 50.4 Å². The summed E-state index contributed by atoms with van der Waals surface area (Å²) < 4.78 is 6.73. The first-order valence-corrected chi connectivity index (χ1v) is 13.3. The average Bonchev–Trinajstić information content (AvgIpc) is 2.91. The lowest BCUT2D eigenvalue weighted by atomic mass is 9.55. The Morgan fingerprint density at radius 2 is 1.84 bits per heavy atom. The molecule has 4 N–H and O–H groups in total. The largest absolute Gasteiger partial charge is 0.493 e. The van der Waals surface area contributed by atoms with Crippen molar-refractivity contribution in [1.82, 2.24) is 4.90 Å². The fraction of sp³-hybridized carbons (Fsp3) is 0.452. The van der Waals surface area contributed by atoms with Crippen molar-refractivity contribution in [3.63, 3.8) is 0 Å². The SMILES string of the molecule is C=CC1=C(C=C)CN(C2C(N)=NC3(C)CCCC4=C3C2(C)C(OCc2ccccc2)=CC4C)CC1.N=N. The molecule has 0 fully saturated rings. The van der Waals surface area contributed by atoms with Gasteiger partial charge in [0.1, 0.15) is 18.2 Å². The highest BCUT2D eigenvalue weighted by atomic mass is 16.5. The lowest BCUT2D eigenvalue weighted by Gasteiger charge is -2.57. The standard InChI is InChI=1S/C31H39N3O.H2N2/c1-6-23-15-17-34(19-24(23)7-2)28-29(32)33-30(4)16-11-14-25-21(3)18-26(31(28,5)27(25)30)35-20-22-12-9-8-10-13-22;1-2/h6-10,12-13,18,21,28H,1-2,11,14-17,19-20H2,3-5H3,(H2,32,33);1-2H. The summed E-state index contributed by atoms with van der Waals surface area (Å²) in [5.74, 6) is 2.12. The first-order chi connectivity index (χ1) is 17.8. The number of hydrogen-bond donors (Lipinski definition) is 3. The predicted octanol–water partition coefficient (Wildman–Crippen LogP) is 6.69. The minimum absolute atomic E-state index is 0.0606. The van der Waals surface area contributed by atoms with Crippen LogP contribution in [0.4, 0.5) is 0 Å². The molecule has 5 rings (SSSR count). The number of aliphatic imine (C=N–C) groups is 1. The number of allylic oxidation sites excluding steroid dienone is 3. The van der Waals surface area contributed by atoms with Crippen LogP contribution in [0.15, 0.2) is 94.8 Å². The van der Waals surface area contributed by atoms with Crippen LogP contribution in [0.2, 0.25) is 0 Å². The van der Waals surface area contributed by atoms with Gasteiger partial charge in [-0.2, -0.15) is 0 Å². The molecule has 4 unspecified atom stereocenters. The normalized spacial score (nSPS) is 31.3. The number of amidine groups is 1. The van der Waals surface area contributed by atoms with Gasteiger partial charge in [0.15, 0.2) is 0 Å². The first kappa shape index (κ1) is 26.8. The molecule has 2 aliphatic carbocycles. The Morgan fingerprint density at radius 3 is 2.51 bits per heavy atom. The Hall–Kier alpha value is -3.25. The fourth-order valence-electron chi connectivity index (χ4n) is 7.18. The smallest absolute Gasteiger partial charge is 0.114 e. The van der Waals surface area contributed by atoms with E-state index in [1.165, 1.54) is 27.9 Å². The summed E-state index contributed by atoms with van der Waals surface area (Å²) in [6.45, 7) is 17.3. The van der Waals surface area contributed by atoms with E-state index < -0.39 is 0 Å². The van der Waals surface area contributed by atoms with Gasteiger partial charge in [0.2, 0.25) is 0 Å². The zero-order chi connectivity index (χ0) is 26.8. The molecule has 1 aromatic carbocycles. The molecule has 0 saturated carbocycles. The molecule has 1 aromatic rings. The molecule has 6 nitrogen and oxygen atoms in total. The van der Waals surface area contributed by atoms with Gasteiger partial charge in [-0.15, -0.1) is 0 Å². The molecule has 196 valence electrons. The summed E-state index contributed by atoms with van der Waals surface area (Å²) >= 11 is 0. The second kappa shape index (κ2) is 10.6.